The first-order valence-electron chi connectivity index (χ1n) is 8.10. The van der Waals surface area contributed by atoms with E-state index in [9.17, 15) is 9.59 Å². The summed E-state index contributed by atoms with van der Waals surface area (Å²) in [4.78, 5) is 30.6. The Hall–Kier alpha value is -2.69. The Morgan fingerprint density at radius 3 is 2.83 bits per heavy atom. The fraction of sp³-hybridized carbons (Fsp3) is 0.316. The largest absolute Gasteiger partial charge is 0.350 e. The minimum Gasteiger partial charge on any atom is -0.350 e. The highest BCUT2D eigenvalue weighted by atomic mass is 16.2. The Labute approximate surface area is 141 Å². The number of nitrogens with one attached hydrogen (secondary N) is 1. The molecule has 2 aromatic rings. The molecule has 5 nitrogen and oxygen atoms in total. The lowest BCUT2D eigenvalue weighted by Gasteiger charge is -2.19. The van der Waals surface area contributed by atoms with Crippen molar-refractivity contribution in [1.82, 2.24) is 10.3 Å². The number of anilines is 1. The van der Waals surface area contributed by atoms with Crippen LogP contribution in [0, 0.1) is 19.8 Å². The minimum absolute atomic E-state index is 0.0000563. The first-order chi connectivity index (χ1) is 11.5. The molecule has 1 aromatic carbocycles. The number of nitrogens with zero attached hydrogens (tertiary/aromatic N) is 2. The maximum Gasteiger partial charge on any atom is 0.227 e. The molecule has 2 heterocycles. The Kier molecular flexibility index (Phi) is 4.60. The summed E-state index contributed by atoms with van der Waals surface area (Å²) in [7, 11) is 0. The van der Waals surface area contributed by atoms with E-state index in [0.29, 0.717) is 13.1 Å². The normalized spacial score (nSPS) is 17.2. The zero-order valence-electron chi connectivity index (χ0n) is 14.0. The van der Waals surface area contributed by atoms with Gasteiger partial charge in [0.2, 0.25) is 11.8 Å². The summed E-state index contributed by atoms with van der Waals surface area (Å²) in [5.74, 6) is -0.414. The Balaban J connectivity index is 1.64. The zero-order valence-corrected chi connectivity index (χ0v) is 14.0. The number of hydrogen-bond acceptors (Lipinski definition) is 3. The van der Waals surface area contributed by atoms with E-state index in [-0.39, 0.29) is 24.2 Å². The van der Waals surface area contributed by atoms with E-state index in [0.717, 1.165) is 22.5 Å². The summed E-state index contributed by atoms with van der Waals surface area (Å²) in [5.41, 5.74) is 3.91. The van der Waals surface area contributed by atoms with Crippen LogP contribution in [0.25, 0.3) is 0 Å². The standard InChI is InChI=1S/C19H21N3O2/c1-13-6-7-17(14(2)9-13)22-12-15(10-18(22)23)19(24)21-11-16-5-3-4-8-20-16/h3-9,15H,10-12H2,1-2H3,(H,21,24). The lowest BCUT2D eigenvalue weighted by molar-refractivity contribution is -0.126. The van der Waals surface area contributed by atoms with Gasteiger partial charge in [0, 0.05) is 24.8 Å². The predicted octanol–water partition coefficient (Wildman–Crippen LogP) is 2.37. The van der Waals surface area contributed by atoms with E-state index in [1.54, 1.807) is 11.1 Å². The molecule has 1 saturated heterocycles. The van der Waals surface area contributed by atoms with Crippen molar-refractivity contribution >= 4 is 17.5 Å². The Bertz CT molecular complexity index is 758. The molecule has 1 fully saturated rings. The van der Waals surface area contributed by atoms with Gasteiger partial charge in [-0.3, -0.25) is 14.6 Å². The molecule has 124 valence electrons. The van der Waals surface area contributed by atoms with Gasteiger partial charge >= 0.3 is 0 Å². The van der Waals surface area contributed by atoms with E-state index >= 15 is 0 Å². The number of hydrogen-bond donors (Lipinski definition) is 1. The molecule has 1 atom stereocenters. The van der Waals surface area contributed by atoms with Gasteiger partial charge < -0.3 is 10.2 Å². The number of aryl methyl sites for hydroxylation is 2. The number of rotatable bonds is 4. The van der Waals surface area contributed by atoms with Gasteiger partial charge in [0.25, 0.3) is 0 Å². The Morgan fingerprint density at radius 2 is 2.12 bits per heavy atom. The number of carbonyl (C=O) groups excluding carboxylic acids is 2. The van der Waals surface area contributed by atoms with E-state index in [2.05, 4.69) is 16.4 Å². The molecule has 0 saturated carbocycles. The fourth-order valence-electron chi connectivity index (χ4n) is 3.05. The highest BCUT2D eigenvalue weighted by Crippen LogP contribution is 2.28. The summed E-state index contributed by atoms with van der Waals surface area (Å²) >= 11 is 0. The van der Waals surface area contributed by atoms with Crippen LogP contribution in [0.5, 0.6) is 0 Å². The third kappa shape index (κ3) is 3.45. The van der Waals surface area contributed by atoms with Crippen molar-refractivity contribution in [3.8, 4) is 0 Å². The molecule has 1 aromatic heterocycles. The molecule has 5 heteroatoms. The van der Waals surface area contributed by atoms with Crippen molar-refractivity contribution < 1.29 is 9.59 Å². The highest BCUT2D eigenvalue weighted by molar-refractivity contribution is 6.00. The summed E-state index contributed by atoms with van der Waals surface area (Å²) in [6.07, 6.45) is 1.95. The van der Waals surface area contributed by atoms with Crippen molar-refractivity contribution in [3.05, 3.63) is 59.4 Å². The average molecular weight is 323 g/mol. The van der Waals surface area contributed by atoms with Gasteiger partial charge in [-0.1, -0.05) is 23.8 Å². The fourth-order valence-corrected chi connectivity index (χ4v) is 3.05. The molecule has 1 aliphatic heterocycles. The molecule has 1 N–H and O–H groups in total. The van der Waals surface area contributed by atoms with Crippen LogP contribution in [0.4, 0.5) is 5.69 Å². The van der Waals surface area contributed by atoms with Crippen LogP contribution in [0.15, 0.2) is 42.6 Å². The zero-order chi connectivity index (χ0) is 17.1. The number of pyridine rings is 1. The number of aromatic nitrogens is 1. The minimum atomic E-state index is -0.318. The van der Waals surface area contributed by atoms with Gasteiger partial charge in [-0.05, 0) is 37.6 Å². The van der Waals surface area contributed by atoms with Crippen LogP contribution >= 0.6 is 0 Å². The molecule has 0 radical (unpaired) electrons. The molecule has 0 aliphatic carbocycles. The molecule has 24 heavy (non-hydrogen) atoms. The number of benzene rings is 1. The second kappa shape index (κ2) is 6.83. The topological polar surface area (TPSA) is 62.3 Å². The molecule has 1 aliphatic rings. The van der Waals surface area contributed by atoms with Crippen LogP contribution in [-0.2, 0) is 16.1 Å². The SMILES string of the molecule is Cc1ccc(N2CC(C(=O)NCc3ccccn3)CC2=O)c(C)c1. The van der Waals surface area contributed by atoms with E-state index < -0.39 is 0 Å². The number of amides is 2. The van der Waals surface area contributed by atoms with Gasteiger partial charge in [-0.25, -0.2) is 0 Å². The third-order valence-corrected chi connectivity index (χ3v) is 4.31. The first-order valence-corrected chi connectivity index (χ1v) is 8.10. The molecule has 3 rings (SSSR count). The summed E-state index contributed by atoms with van der Waals surface area (Å²) in [5, 5.41) is 2.88. The van der Waals surface area contributed by atoms with E-state index in [1.165, 1.54) is 0 Å². The Morgan fingerprint density at radius 1 is 1.29 bits per heavy atom. The van der Waals surface area contributed by atoms with Crippen molar-refractivity contribution in [1.29, 1.82) is 0 Å². The highest BCUT2D eigenvalue weighted by Gasteiger charge is 2.35. The average Bonchev–Trinajstić information content (AvgIpc) is 2.95. The van der Waals surface area contributed by atoms with Crippen molar-refractivity contribution in [2.45, 2.75) is 26.8 Å². The summed E-state index contributed by atoms with van der Waals surface area (Å²) < 4.78 is 0. The van der Waals surface area contributed by atoms with Crippen molar-refractivity contribution in [2.75, 3.05) is 11.4 Å². The lowest BCUT2D eigenvalue weighted by atomic mass is 10.1. The second-order valence-electron chi connectivity index (χ2n) is 6.23. The lowest BCUT2D eigenvalue weighted by Crippen LogP contribution is -2.33. The summed E-state index contributed by atoms with van der Waals surface area (Å²) in [6, 6.07) is 11.6. The maximum absolute atomic E-state index is 12.4. The van der Waals surface area contributed by atoms with Gasteiger partial charge in [-0.2, -0.15) is 0 Å². The molecule has 1 unspecified atom stereocenters. The van der Waals surface area contributed by atoms with Crippen LogP contribution in [0.1, 0.15) is 23.2 Å². The molecule has 0 spiro atoms. The van der Waals surface area contributed by atoms with Gasteiger partial charge in [0.15, 0.2) is 0 Å². The van der Waals surface area contributed by atoms with Crippen LogP contribution in [-0.4, -0.2) is 23.3 Å². The quantitative estimate of drug-likeness (QED) is 0.939. The smallest absolute Gasteiger partial charge is 0.227 e. The van der Waals surface area contributed by atoms with Gasteiger partial charge in [0.05, 0.1) is 18.2 Å². The number of carbonyl (C=O) groups is 2. The van der Waals surface area contributed by atoms with Gasteiger partial charge in [0.1, 0.15) is 0 Å². The van der Waals surface area contributed by atoms with Crippen molar-refractivity contribution in [2.24, 2.45) is 5.92 Å². The predicted molar refractivity (Wildman–Crippen MR) is 92.5 cm³/mol. The van der Waals surface area contributed by atoms with Crippen molar-refractivity contribution in [3.63, 3.8) is 0 Å². The van der Waals surface area contributed by atoms with E-state index in [4.69, 9.17) is 0 Å². The van der Waals surface area contributed by atoms with Crippen LogP contribution < -0.4 is 10.2 Å². The maximum atomic E-state index is 12.4. The van der Waals surface area contributed by atoms with Crippen LogP contribution in [0.3, 0.4) is 0 Å². The van der Waals surface area contributed by atoms with E-state index in [1.807, 2.05) is 44.2 Å². The van der Waals surface area contributed by atoms with Gasteiger partial charge in [-0.15, -0.1) is 0 Å². The molecular weight excluding hydrogens is 302 g/mol. The summed E-state index contributed by atoms with van der Waals surface area (Å²) in [6.45, 7) is 4.82. The van der Waals surface area contributed by atoms with Crippen LogP contribution in [0.2, 0.25) is 0 Å². The monoisotopic (exact) mass is 323 g/mol. The second-order valence-corrected chi connectivity index (χ2v) is 6.23. The molecule has 0 bridgehead atoms. The molecule has 2 amide bonds. The third-order valence-electron chi connectivity index (χ3n) is 4.31. The molecular formula is C19H21N3O2. The first kappa shape index (κ1) is 16.2.